The van der Waals surface area contributed by atoms with Crippen molar-refractivity contribution in [1.82, 2.24) is 14.8 Å². The Labute approximate surface area is 258 Å². The van der Waals surface area contributed by atoms with E-state index < -0.39 is 17.9 Å². The van der Waals surface area contributed by atoms with Gasteiger partial charge in [0, 0.05) is 55.1 Å². The molecule has 1 aromatic heterocycles. The van der Waals surface area contributed by atoms with Gasteiger partial charge in [-0.2, -0.15) is 0 Å². The summed E-state index contributed by atoms with van der Waals surface area (Å²) in [6.45, 7) is 10.8. The summed E-state index contributed by atoms with van der Waals surface area (Å²) in [5.41, 5.74) is 8.57. The predicted molar refractivity (Wildman–Crippen MR) is 168 cm³/mol. The van der Waals surface area contributed by atoms with Crippen molar-refractivity contribution in [2.45, 2.75) is 70.9 Å². The third-order valence-corrected chi connectivity index (χ3v) is 11.1. The van der Waals surface area contributed by atoms with Crippen molar-refractivity contribution in [1.29, 1.82) is 0 Å². The number of likely N-dealkylation sites (tertiary alicyclic amines) is 1. The highest BCUT2D eigenvalue weighted by atomic mass is 32.1. The number of primary amides is 1. The number of ether oxygens (including phenoxy) is 1. The van der Waals surface area contributed by atoms with Gasteiger partial charge in [-0.05, 0) is 48.9 Å². The third-order valence-electron chi connectivity index (χ3n) is 10.2. The van der Waals surface area contributed by atoms with Crippen molar-refractivity contribution in [3.63, 3.8) is 0 Å². The van der Waals surface area contributed by atoms with Gasteiger partial charge in [0.25, 0.3) is 0 Å². The largest absolute Gasteiger partial charge is 0.367 e. The van der Waals surface area contributed by atoms with E-state index in [0.717, 1.165) is 74.7 Å². The highest BCUT2D eigenvalue weighted by Crippen LogP contribution is 2.46. The predicted octanol–water partition coefficient (Wildman–Crippen LogP) is 4.17. The molecule has 9 nitrogen and oxygen atoms in total. The number of benzene rings is 1. The number of thiazole rings is 1. The lowest BCUT2D eigenvalue weighted by atomic mass is 9.74. The van der Waals surface area contributed by atoms with Gasteiger partial charge in [-0.25, -0.2) is 4.98 Å². The average molecular weight is 608 g/mol. The molecule has 4 fully saturated rings. The van der Waals surface area contributed by atoms with Crippen LogP contribution in [0, 0.1) is 17.3 Å². The van der Waals surface area contributed by atoms with Crippen LogP contribution in [0.15, 0.2) is 23.6 Å². The van der Waals surface area contributed by atoms with Gasteiger partial charge < -0.3 is 25.2 Å². The number of ketones is 1. The van der Waals surface area contributed by atoms with Gasteiger partial charge in [0.05, 0.1) is 17.7 Å². The molecule has 10 heteroatoms. The first-order valence-corrected chi connectivity index (χ1v) is 16.7. The smallest absolute Gasteiger partial charge is 0.249 e. The van der Waals surface area contributed by atoms with Crippen molar-refractivity contribution in [2.24, 2.45) is 23.0 Å². The summed E-state index contributed by atoms with van der Waals surface area (Å²) < 4.78 is 6.01. The number of piperazine rings is 1. The fraction of sp³-hybridized carbons (Fsp3) is 0.636. The summed E-state index contributed by atoms with van der Waals surface area (Å²) in [6.07, 6.45) is 4.73. The molecule has 0 radical (unpaired) electrons. The Morgan fingerprint density at radius 2 is 1.81 bits per heavy atom. The van der Waals surface area contributed by atoms with Crippen LogP contribution in [-0.4, -0.2) is 90.9 Å². The van der Waals surface area contributed by atoms with Gasteiger partial charge in [0.2, 0.25) is 11.8 Å². The molecule has 1 aromatic carbocycles. The Morgan fingerprint density at radius 3 is 2.49 bits per heavy atom. The summed E-state index contributed by atoms with van der Waals surface area (Å²) in [4.78, 5) is 52.2. The topological polar surface area (TPSA) is 109 Å². The zero-order valence-electron chi connectivity index (χ0n) is 25.9. The number of Topliss-reactive ketones (excluding diaryl/α,β-unsaturated/α-hetero) is 1. The molecular formula is C33H45N5O4S. The van der Waals surface area contributed by atoms with E-state index in [9.17, 15) is 14.4 Å². The van der Waals surface area contributed by atoms with Crippen molar-refractivity contribution in [2.75, 3.05) is 51.3 Å². The van der Waals surface area contributed by atoms with Gasteiger partial charge in [0.1, 0.15) is 12.6 Å². The number of carbonyl (C=O) groups is 3. The Balaban J connectivity index is 1.38. The maximum absolute atomic E-state index is 14.8. The van der Waals surface area contributed by atoms with Gasteiger partial charge in [-0.3, -0.25) is 14.4 Å². The molecule has 6 rings (SSSR count). The van der Waals surface area contributed by atoms with E-state index in [4.69, 9.17) is 15.5 Å². The van der Waals surface area contributed by atoms with Crippen LogP contribution in [0.5, 0.6) is 0 Å². The lowest BCUT2D eigenvalue weighted by Gasteiger charge is -2.35. The third kappa shape index (κ3) is 5.85. The number of nitrogens with zero attached hydrogens (tertiary/aromatic N) is 4. The molecule has 4 atom stereocenters. The van der Waals surface area contributed by atoms with Crippen molar-refractivity contribution in [3.8, 4) is 11.3 Å². The van der Waals surface area contributed by atoms with Gasteiger partial charge in [-0.15, -0.1) is 11.3 Å². The first-order chi connectivity index (χ1) is 20.5. The second-order valence-electron chi connectivity index (χ2n) is 14.0. The number of carbonyl (C=O) groups excluding carboxylic acids is 3. The van der Waals surface area contributed by atoms with Crippen LogP contribution in [0.1, 0.15) is 74.7 Å². The molecule has 1 aliphatic carbocycles. The lowest BCUT2D eigenvalue weighted by Crippen LogP contribution is -2.46. The minimum atomic E-state index is -0.576. The zero-order chi connectivity index (χ0) is 30.5. The highest BCUT2D eigenvalue weighted by Gasteiger charge is 2.56. The molecule has 0 unspecified atom stereocenters. The van der Waals surface area contributed by atoms with Gasteiger partial charge >= 0.3 is 0 Å². The molecule has 4 aliphatic rings. The Bertz CT molecular complexity index is 1370. The molecule has 0 bridgehead atoms. The summed E-state index contributed by atoms with van der Waals surface area (Å²) in [6, 6.07) is 5.05. The fourth-order valence-electron chi connectivity index (χ4n) is 7.63. The quantitative estimate of drug-likeness (QED) is 0.525. The number of hydrogen-bond donors (Lipinski definition) is 1. The normalized spacial score (nSPS) is 26.1. The van der Waals surface area contributed by atoms with Crippen LogP contribution in [0.2, 0.25) is 0 Å². The maximum atomic E-state index is 14.8. The molecular weight excluding hydrogens is 562 g/mol. The minimum Gasteiger partial charge on any atom is -0.367 e. The number of fused-ring (bicyclic) bond motifs is 1. The van der Waals surface area contributed by atoms with E-state index in [1.807, 2.05) is 12.1 Å². The molecule has 2 N–H and O–H groups in total. The molecule has 232 valence electrons. The van der Waals surface area contributed by atoms with Crippen molar-refractivity contribution >= 4 is 34.1 Å². The molecule has 1 saturated carbocycles. The second kappa shape index (κ2) is 11.9. The number of nitrogens with two attached hydrogens (primary N) is 1. The highest BCUT2D eigenvalue weighted by molar-refractivity contribution is 7.14. The van der Waals surface area contributed by atoms with Crippen LogP contribution in [0.25, 0.3) is 11.3 Å². The summed E-state index contributed by atoms with van der Waals surface area (Å²) >= 11 is 1.62. The van der Waals surface area contributed by atoms with E-state index >= 15 is 0 Å². The Hall–Kier alpha value is -2.82. The van der Waals surface area contributed by atoms with Crippen LogP contribution < -0.4 is 10.6 Å². The Morgan fingerprint density at radius 1 is 1.09 bits per heavy atom. The number of aromatic nitrogens is 1. The monoisotopic (exact) mass is 607 g/mol. The first-order valence-electron chi connectivity index (χ1n) is 15.8. The fourth-order valence-corrected chi connectivity index (χ4v) is 8.52. The van der Waals surface area contributed by atoms with E-state index in [1.54, 1.807) is 22.3 Å². The average Bonchev–Trinajstić information content (AvgIpc) is 3.71. The van der Waals surface area contributed by atoms with E-state index in [1.165, 1.54) is 0 Å². The maximum Gasteiger partial charge on any atom is 0.249 e. The molecule has 4 heterocycles. The zero-order valence-corrected chi connectivity index (χ0v) is 26.7. The number of rotatable bonds is 6. The summed E-state index contributed by atoms with van der Waals surface area (Å²) in [5, 5.41) is 3.04. The van der Waals surface area contributed by atoms with Crippen LogP contribution in [0.3, 0.4) is 0 Å². The summed E-state index contributed by atoms with van der Waals surface area (Å²) in [5.74, 6) is -1.11. The van der Waals surface area contributed by atoms with E-state index in [2.05, 4.69) is 43.0 Å². The Kier molecular flexibility index (Phi) is 8.39. The standard InChI is InChI=1S/C33H45N5O4S/c1-33(2,3)24-17-38(28-26(39)18-42-29(24)28)31(41)27(20-8-6-5-7-9-20)23-16-21(10-11-22(23)30(34)40)25-19-43-32(35-25)37-14-12-36(4)13-15-37/h10-11,16,19-20,24,27-29H,5-9,12-15,17-18H2,1-4H3,(H2,34,40)/t24-,27+,28-,29-/m1/s1. The molecule has 2 amide bonds. The summed E-state index contributed by atoms with van der Waals surface area (Å²) in [7, 11) is 2.14. The van der Waals surface area contributed by atoms with E-state index in [-0.39, 0.29) is 41.7 Å². The van der Waals surface area contributed by atoms with Crippen molar-refractivity contribution in [3.05, 3.63) is 34.7 Å². The minimum absolute atomic E-state index is 0.0321. The van der Waals surface area contributed by atoms with Crippen LogP contribution >= 0.6 is 11.3 Å². The van der Waals surface area contributed by atoms with Crippen LogP contribution in [-0.2, 0) is 14.3 Å². The van der Waals surface area contributed by atoms with Crippen LogP contribution in [0.4, 0.5) is 5.13 Å². The molecule has 2 aromatic rings. The molecule has 0 spiro atoms. The number of likely N-dealkylation sites (N-methyl/N-ethyl adjacent to an activating group) is 1. The number of hydrogen-bond acceptors (Lipinski definition) is 8. The molecule has 43 heavy (non-hydrogen) atoms. The number of amides is 2. The SMILES string of the molecule is CN1CCN(c2nc(-c3ccc(C(N)=O)c([C@@H](C(=O)N4C[C@@H](C(C)(C)C)[C@H]5OCC(=O)[C@H]54)C4CCCCC4)c3)cs2)CC1. The second-order valence-corrected chi connectivity index (χ2v) is 14.8. The van der Waals surface area contributed by atoms with Crippen molar-refractivity contribution < 1.29 is 19.1 Å². The first kappa shape index (κ1) is 30.2. The molecule has 3 saturated heterocycles. The van der Waals surface area contributed by atoms with E-state index in [0.29, 0.717) is 17.7 Å². The lowest BCUT2D eigenvalue weighted by molar-refractivity contribution is -0.139. The van der Waals surface area contributed by atoms with Gasteiger partial charge in [-0.1, -0.05) is 46.1 Å². The number of anilines is 1. The molecule has 3 aliphatic heterocycles. The van der Waals surface area contributed by atoms with Gasteiger partial charge in [0.15, 0.2) is 10.9 Å².